The monoisotopic (exact) mass is 446 g/mol. The fourth-order valence-corrected chi connectivity index (χ4v) is 3.18. The van der Waals surface area contributed by atoms with E-state index in [-0.39, 0.29) is 6.10 Å². The Morgan fingerprint density at radius 2 is 1.95 bits per heavy atom. The lowest BCUT2D eigenvalue weighted by atomic mass is 10.1. The number of ether oxygens (including phenoxy) is 2. The van der Waals surface area contributed by atoms with Crippen LogP contribution in [-0.4, -0.2) is 11.5 Å². The van der Waals surface area contributed by atoms with Crippen LogP contribution in [0.5, 0.6) is 5.75 Å². The predicted molar refractivity (Wildman–Crippen MR) is 93.6 cm³/mol. The number of hydrogen-bond acceptors (Lipinski definition) is 2. The maximum absolute atomic E-state index is 6.05. The van der Waals surface area contributed by atoms with Crippen molar-refractivity contribution >= 4 is 38.5 Å². The van der Waals surface area contributed by atoms with Crippen LogP contribution in [0, 0.1) is 0 Å². The third-order valence-corrected chi connectivity index (χ3v) is 4.50. The van der Waals surface area contributed by atoms with Crippen molar-refractivity contribution in [1.82, 2.24) is 0 Å². The first kappa shape index (κ1) is 15.8. The summed E-state index contributed by atoms with van der Waals surface area (Å²) in [5.41, 5.74) is 2.30. The van der Waals surface area contributed by atoms with Gasteiger partial charge in [0.25, 0.3) is 0 Å². The number of benzene rings is 2. The molecule has 1 atom stereocenters. The second-order valence-corrected chi connectivity index (χ2v) is 6.06. The largest absolute Gasteiger partial charge is 0.497 e. The molecule has 0 amide bonds. The van der Waals surface area contributed by atoms with Gasteiger partial charge >= 0.3 is 0 Å². The lowest BCUT2D eigenvalue weighted by molar-refractivity contribution is 0.0572. The highest BCUT2D eigenvalue weighted by Crippen LogP contribution is 2.28. The van der Waals surface area contributed by atoms with Crippen molar-refractivity contribution in [2.45, 2.75) is 12.7 Å². The van der Waals surface area contributed by atoms with E-state index < -0.39 is 0 Å². The van der Waals surface area contributed by atoms with Gasteiger partial charge in [-0.3, -0.25) is 0 Å². The van der Waals surface area contributed by atoms with Gasteiger partial charge in [0.2, 0.25) is 0 Å². The van der Waals surface area contributed by atoms with Gasteiger partial charge in [-0.2, -0.15) is 0 Å². The number of rotatable bonds is 6. The van der Waals surface area contributed by atoms with Crippen molar-refractivity contribution in [1.29, 1.82) is 0 Å². The highest BCUT2D eigenvalue weighted by atomic mass is 127. The zero-order valence-corrected chi connectivity index (χ0v) is 14.9. The van der Waals surface area contributed by atoms with E-state index >= 15 is 0 Å². The maximum Gasteiger partial charge on any atom is 0.119 e. The highest BCUT2D eigenvalue weighted by Gasteiger charge is 2.13. The van der Waals surface area contributed by atoms with Gasteiger partial charge in [-0.15, -0.1) is 0 Å². The third kappa shape index (κ3) is 4.20. The van der Waals surface area contributed by atoms with E-state index in [0.717, 1.165) is 20.2 Å². The Kier molecular flexibility index (Phi) is 6.32. The summed E-state index contributed by atoms with van der Waals surface area (Å²) in [6.07, 6.45) is 0.0809. The standard InChI is InChI=1S/C16H16BrIO2/c1-19-13-6-4-5-12(9-13)11-20-16(10-18)14-7-2-3-8-15(14)17/h2-9,16H,10-11H2,1H3. The van der Waals surface area contributed by atoms with Crippen molar-refractivity contribution in [3.63, 3.8) is 0 Å². The lowest BCUT2D eigenvalue weighted by Crippen LogP contribution is -2.06. The molecule has 0 aromatic heterocycles. The van der Waals surface area contributed by atoms with Crippen LogP contribution in [-0.2, 0) is 11.3 Å². The molecule has 4 heteroatoms. The van der Waals surface area contributed by atoms with Crippen molar-refractivity contribution < 1.29 is 9.47 Å². The molecule has 0 aliphatic carbocycles. The fourth-order valence-electron chi connectivity index (χ4n) is 1.91. The first-order valence-corrected chi connectivity index (χ1v) is 8.61. The lowest BCUT2D eigenvalue weighted by Gasteiger charge is -2.17. The molecule has 1 unspecified atom stereocenters. The number of hydrogen-bond donors (Lipinski definition) is 0. The van der Waals surface area contributed by atoms with Crippen LogP contribution in [0.2, 0.25) is 0 Å². The molecule has 0 aliphatic rings. The summed E-state index contributed by atoms with van der Waals surface area (Å²) in [4.78, 5) is 0. The maximum atomic E-state index is 6.05. The summed E-state index contributed by atoms with van der Waals surface area (Å²) in [7, 11) is 1.68. The van der Waals surface area contributed by atoms with Gasteiger partial charge in [0, 0.05) is 8.90 Å². The molecule has 0 fully saturated rings. The fraction of sp³-hybridized carbons (Fsp3) is 0.250. The molecule has 0 N–H and O–H groups in total. The van der Waals surface area contributed by atoms with Gasteiger partial charge in [-0.1, -0.05) is 68.9 Å². The van der Waals surface area contributed by atoms with E-state index in [0.29, 0.717) is 6.61 Å². The van der Waals surface area contributed by atoms with Crippen LogP contribution < -0.4 is 4.74 Å². The summed E-state index contributed by atoms with van der Waals surface area (Å²) < 4.78 is 13.3. The first-order chi connectivity index (χ1) is 9.74. The second-order valence-electron chi connectivity index (χ2n) is 4.33. The molecule has 0 saturated carbocycles. The Labute approximate surface area is 141 Å². The molecule has 2 aromatic carbocycles. The van der Waals surface area contributed by atoms with Crippen LogP contribution in [0.15, 0.2) is 53.0 Å². The summed E-state index contributed by atoms with van der Waals surface area (Å²) in [6.45, 7) is 0.576. The van der Waals surface area contributed by atoms with Crippen molar-refractivity contribution in [3.8, 4) is 5.75 Å². The zero-order chi connectivity index (χ0) is 14.4. The van der Waals surface area contributed by atoms with Crippen molar-refractivity contribution in [2.24, 2.45) is 0 Å². The van der Waals surface area contributed by atoms with Gasteiger partial charge < -0.3 is 9.47 Å². The summed E-state index contributed by atoms with van der Waals surface area (Å²) in [5.74, 6) is 0.859. The number of methoxy groups -OCH3 is 1. The minimum Gasteiger partial charge on any atom is -0.497 e. The average Bonchev–Trinajstić information content (AvgIpc) is 2.49. The molecule has 2 rings (SSSR count). The number of alkyl halides is 1. The molecule has 0 bridgehead atoms. The molecule has 0 heterocycles. The first-order valence-electron chi connectivity index (χ1n) is 6.29. The Bertz CT molecular complexity index is 560. The van der Waals surface area contributed by atoms with Gasteiger partial charge in [-0.05, 0) is 29.3 Å². The third-order valence-electron chi connectivity index (χ3n) is 2.98. The molecule has 0 saturated heterocycles. The Morgan fingerprint density at radius 3 is 2.65 bits per heavy atom. The van der Waals surface area contributed by atoms with Crippen molar-refractivity contribution in [2.75, 3.05) is 11.5 Å². The Balaban J connectivity index is 2.06. The topological polar surface area (TPSA) is 18.5 Å². The van der Waals surface area contributed by atoms with Gasteiger partial charge in [0.05, 0.1) is 19.8 Å². The minimum absolute atomic E-state index is 0.0809. The highest BCUT2D eigenvalue weighted by molar-refractivity contribution is 14.1. The smallest absolute Gasteiger partial charge is 0.119 e. The van der Waals surface area contributed by atoms with Crippen molar-refractivity contribution in [3.05, 3.63) is 64.1 Å². The van der Waals surface area contributed by atoms with Gasteiger partial charge in [0.1, 0.15) is 5.75 Å². The zero-order valence-electron chi connectivity index (χ0n) is 11.2. The van der Waals surface area contributed by atoms with Crippen LogP contribution in [0.4, 0.5) is 0 Å². The predicted octanol–water partition coefficient (Wildman–Crippen LogP) is 5.15. The molecule has 2 aromatic rings. The van der Waals surface area contributed by atoms with Gasteiger partial charge in [-0.25, -0.2) is 0 Å². The average molecular weight is 447 g/mol. The summed E-state index contributed by atoms with van der Waals surface area (Å²) >= 11 is 5.94. The molecule has 106 valence electrons. The van der Waals surface area contributed by atoms with Gasteiger partial charge in [0.15, 0.2) is 0 Å². The summed E-state index contributed by atoms with van der Waals surface area (Å²) in [5, 5.41) is 0. The summed E-state index contributed by atoms with van der Waals surface area (Å²) in [6, 6.07) is 16.2. The van der Waals surface area contributed by atoms with Crippen LogP contribution in [0.25, 0.3) is 0 Å². The van der Waals surface area contributed by atoms with E-state index in [1.807, 2.05) is 42.5 Å². The van der Waals surface area contributed by atoms with E-state index in [4.69, 9.17) is 9.47 Å². The number of halogens is 2. The van der Waals surface area contributed by atoms with E-state index in [1.54, 1.807) is 7.11 Å². The normalized spacial score (nSPS) is 12.2. The Hall–Kier alpha value is -0.590. The van der Waals surface area contributed by atoms with E-state index in [2.05, 4.69) is 44.6 Å². The van der Waals surface area contributed by atoms with E-state index in [9.17, 15) is 0 Å². The molecule has 0 aliphatic heterocycles. The molecule has 20 heavy (non-hydrogen) atoms. The SMILES string of the molecule is COc1cccc(COC(CI)c2ccccc2Br)c1. The van der Waals surface area contributed by atoms with Crippen LogP contribution in [0.3, 0.4) is 0 Å². The molecule has 0 spiro atoms. The quantitative estimate of drug-likeness (QED) is 0.451. The Morgan fingerprint density at radius 1 is 1.15 bits per heavy atom. The van der Waals surface area contributed by atoms with E-state index in [1.165, 1.54) is 5.56 Å². The molecule has 2 nitrogen and oxygen atoms in total. The second kappa shape index (κ2) is 8.00. The minimum atomic E-state index is 0.0809. The molecule has 0 radical (unpaired) electrons. The molecular formula is C16H16BrIO2. The van der Waals surface area contributed by atoms with Crippen LogP contribution in [0.1, 0.15) is 17.2 Å². The van der Waals surface area contributed by atoms with Crippen LogP contribution >= 0.6 is 38.5 Å². The molecular weight excluding hydrogens is 431 g/mol.